The summed E-state index contributed by atoms with van der Waals surface area (Å²) in [5, 5.41) is 5.31. The molecule has 2 aromatic rings. The monoisotopic (exact) mass is 411 g/mol. The molecule has 2 amide bonds. The summed E-state index contributed by atoms with van der Waals surface area (Å²) >= 11 is 0. The van der Waals surface area contributed by atoms with Gasteiger partial charge in [0.05, 0.1) is 13.2 Å². The Balaban J connectivity index is 1.29. The van der Waals surface area contributed by atoms with Crippen LogP contribution in [0.3, 0.4) is 0 Å². The number of pyridine rings is 1. The molecule has 1 saturated carbocycles. The molecule has 0 bridgehead atoms. The third kappa shape index (κ3) is 5.00. The molecule has 158 valence electrons. The van der Waals surface area contributed by atoms with Crippen molar-refractivity contribution in [2.75, 3.05) is 25.3 Å². The normalized spacial score (nSPS) is 15.5. The van der Waals surface area contributed by atoms with E-state index >= 15 is 0 Å². The number of nitrogens with zero attached hydrogens (tertiary/aromatic N) is 1. The van der Waals surface area contributed by atoms with Crippen LogP contribution in [0.4, 0.5) is 5.82 Å². The number of amides is 2. The van der Waals surface area contributed by atoms with Gasteiger partial charge in [0, 0.05) is 11.8 Å². The topological polar surface area (TPSA) is 98.8 Å². The Morgan fingerprint density at radius 1 is 1.10 bits per heavy atom. The number of fused-ring (bicyclic) bond motifs is 1. The van der Waals surface area contributed by atoms with E-state index in [4.69, 9.17) is 14.2 Å². The number of anilines is 1. The SMILES string of the molecule is O=C(CNC(=O)c1ccc2c(c1)OCO2)Nc1ncccc1OCC1CCCCC1. The van der Waals surface area contributed by atoms with Gasteiger partial charge in [-0.25, -0.2) is 4.98 Å². The highest BCUT2D eigenvalue weighted by molar-refractivity contribution is 5.99. The van der Waals surface area contributed by atoms with Crippen molar-refractivity contribution in [3.63, 3.8) is 0 Å². The van der Waals surface area contributed by atoms with E-state index in [1.807, 2.05) is 0 Å². The minimum atomic E-state index is -0.384. The number of aromatic nitrogens is 1. The van der Waals surface area contributed by atoms with Crippen LogP contribution in [0, 0.1) is 5.92 Å². The number of carbonyl (C=O) groups excluding carboxylic acids is 2. The molecule has 8 nitrogen and oxygen atoms in total. The predicted molar refractivity (Wildman–Crippen MR) is 110 cm³/mol. The highest BCUT2D eigenvalue weighted by atomic mass is 16.7. The van der Waals surface area contributed by atoms with Gasteiger partial charge in [-0.3, -0.25) is 9.59 Å². The zero-order chi connectivity index (χ0) is 20.8. The molecule has 0 saturated heterocycles. The Morgan fingerprint density at radius 2 is 1.93 bits per heavy atom. The molecule has 0 radical (unpaired) electrons. The molecule has 0 unspecified atom stereocenters. The van der Waals surface area contributed by atoms with Crippen molar-refractivity contribution in [3.8, 4) is 17.2 Å². The van der Waals surface area contributed by atoms with Gasteiger partial charge in [-0.1, -0.05) is 19.3 Å². The molecule has 4 rings (SSSR count). The Bertz CT molecular complexity index is 911. The lowest BCUT2D eigenvalue weighted by Crippen LogP contribution is -2.33. The van der Waals surface area contributed by atoms with E-state index in [0.29, 0.717) is 41.2 Å². The zero-order valence-electron chi connectivity index (χ0n) is 16.7. The van der Waals surface area contributed by atoms with Crippen molar-refractivity contribution in [3.05, 3.63) is 42.1 Å². The molecule has 1 fully saturated rings. The molecule has 1 aliphatic heterocycles. The van der Waals surface area contributed by atoms with Gasteiger partial charge in [0.15, 0.2) is 23.1 Å². The van der Waals surface area contributed by atoms with E-state index in [0.717, 1.165) is 0 Å². The second-order valence-corrected chi connectivity index (χ2v) is 7.46. The van der Waals surface area contributed by atoms with Crippen LogP contribution in [-0.4, -0.2) is 36.7 Å². The van der Waals surface area contributed by atoms with Gasteiger partial charge in [-0.15, -0.1) is 0 Å². The first-order chi connectivity index (χ1) is 14.7. The van der Waals surface area contributed by atoms with E-state index in [9.17, 15) is 9.59 Å². The number of rotatable bonds is 7. The second-order valence-electron chi connectivity index (χ2n) is 7.46. The van der Waals surface area contributed by atoms with Crippen molar-refractivity contribution in [1.29, 1.82) is 0 Å². The summed E-state index contributed by atoms with van der Waals surface area (Å²) < 4.78 is 16.4. The Morgan fingerprint density at radius 3 is 2.80 bits per heavy atom. The quantitative estimate of drug-likeness (QED) is 0.726. The summed E-state index contributed by atoms with van der Waals surface area (Å²) in [5.74, 6) is 1.79. The standard InChI is InChI=1S/C22H25N3O5/c26-20(12-24-22(27)16-8-9-17-19(11-16)30-14-29-17)25-21-18(7-4-10-23-21)28-13-15-5-2-1-3-6-15/h4,7-11,15H,1-3,5-6,12-14H2,(H,24,27)(H,23,25,26). The number of hydrogen-bond donors (Lipinski definition) is 2. The number of carbonyl (C=O) groups is 2. The summed E-state index contributed by atoms with van der Waals surface area (Å²) in [5.41, 5.74) is 0.390. The van der Waals surface area contributed by atoms with Gasteiger partial charge in [-0.2, -0.15) is 0 Å². The number of benzene rings is 1. The van der Waals surface area contributed by atoms with Crippen LogP contribution in [0.5, 0.6) is 17.2 Å². The Kier molecular flexibility index (Phi) is 6.32. The third-order valence-corrected chi connectivity index (χ3v) is 5.27. The summed E-state index contributed by atoms with van der Waals surface area (Å²) in [4.78, 5) is 28.9. The Labute approximate surface area is 174 Å². The maximum absolute atomic E-state index is 12.3. The van der Waals surface area contributed by atoms with Crippen LogP contribution in [-0.2, 0) is 4.79 Å². The van der Waals surface area contributed by atoms with Crippen LogP contribution in [0.15, 0.2) is 36.5 Å². The summed E-state index contributed by atoms with van der Waals surface area (Å²) in [6, 6.07) is 8.44. The van der Waals surface area contributed by atoms with Crippen LogP contribution in [0.25, 0.3) is 0 Å². The van der Waals surface area contributed by atoms with E-state index in [1.54, 1.807) is 36.5 Å². The van der Waals surface area contributed by atoms with Crippen molar-refractivity contribution < 1.29 is 23.8 Å². The fraction of sp³-hybridized carbons (Fsp3) is 0.409. The number of nitrogens with one attached hydrogen (secondary N) is 2. The first kappa shape index (κ1) is 20.0. The summed E-state index contributed by atoms with van der Waals surface area (Å²) in [7, 11) is 0. The fourth-order valence-corrected chi connectivity index (χ4v) is 3.64. The molecule has 0 atom stereocenters. The van der Waals surface area contributed by atoms with E-state index in [2.05, 4.69) is 15.6 Å². The van der Waals surface area contributed by atoms with E-state index in [-0.39, 0.29) is 25.2 Å². The van der Waals surface area contributed by atoms with Gasteiger partial charge in [0.2, 0.25) is 12.7 Å². The zero-order valence-corrected chi connectivity index (χ0v) is 16.7. The molecule has 2 aliphatic rings. The highest BCUT2D eigenvalue weighted by Gasteiger charge is 2.18. The molecule has 8 heteroatoms. The van der Waals surface area contributed by atoms with E-state index < -0.39 is 0 Å². The smallest absolute Gasteiger partial charge is 0.251 e. The molecular weight excluding hydrogens is 386 g/mol. The Hall–Kier alpha value is -3.29. The second kappa shape index (κ2) is 9.47. The maximum atomic E-state index is 12.3. The highest BCUT2D eigenvalue weighted by Crippen LogP contribution is 2.32. The van der Waals surface area contributed by atoms with Gasteiger partial charge >= 0.3 is 0 Å². The van der Waals surface area contributed by atoms with Crippen molar-refractivity contribution >= 4 is 17.6 Å². The lowest BCUT2D eigenvalue weighted by molar-refractivity contribution is -0.115. The third-order valence-electron chi connectivity index (χ3n) is 5.27. The van der Waals surface area contributed by atoms with Crippen molar-refractivity contribution in [2.24, 2.45) is 5.92 Å². The van der Waals surface area contributed by atoms with Gasteiger partial charge < -0.3 is 24.8 Å². The molecule has 2 heterocycles. The lowest BCUT2D eigenvalue weighted by atomic mass is 9.90. The minimum absolute atomic E-state index is 0.137. The maximum Gasteiger partial charge on any atom is 0.251 e. The predicted octanol–water partition coefficient (Wildman–Crippen LogP) is 3.14. The average Bonchev–Trinajstić information content (AvgIpc) is 3.25. The summed E-state index contributed by atoms with van der Waals surface area (Å²) in [6.45, 7) is 0.569. The first-order valence-electron chi connectivity index (χ1n) is 10.2. The van der Waals surface area contributed by atoms with Gasteiger partial charge in [-0.05, 0) is 49.1 Å². The molecular formula is C22H25N3O5. The van der Waals surface area contributed by atoms with Crippen molar-refractivity contribution in [1.82, 2.24) is 10.3 Å². The van der Waals surface area contributed by atoms with Crippen LogP contribution in [0.2, 0.25) is 0 Å². The molecule has 1 aliphatic carbocycles. The van der Waals surface area contributed by atoms with Crippen LogP contribution < -0.4 is 24.8 Å². The number of ether oxygens (including phenoxy) is 3. The molecule has 1 aromatic carbocycles. The van der Waals surface area contributed by atoms with Crippen LogP contribution in [0.1, 0.15) is 42.5 Å². The minimum Gasteiger partial charge on any atom is -0.489 e. The fourth-order valence-electron chi connectivity index (χ4n) is 3.64. The molecule has 2 N–H and O–H groups in total. The first-order valence-corrected chi connectivity index (χ1v) is 10.2. The number of hydrogen-bond acceptors (Lipinski definition) is 6. The molecule has 1 aromatic heterocycles. The van der Waals surface area contributed by atoms with Crippen LogP contribution >= 0.6 is 0 Å². The lowest BCUT2D eigenvalue weighted by Gasteiger charge is -2.22. The molecule has 0 spiro atoms. The average molecular weight is 411 g/mol. The summed E-state index contributed by atoms with van der Waals surface area (Å²) in [6.07, 6.45) is 7.72. The van der Waals surface area contributed by atoms with Gasteiger partial charge in [0.25, 0.3) is 5.91 Å². The van der Waals surface area contributed by atoms with Gasteiger partial charge in [0.1, 0.15) is 0 Å². The molecule has 30 heavy (non-hydrogen) atoms. The largest absolute Gasteiger partial charge is 0.489 e. The van der Waals surface area contributed by atoms with Crippen molar-refractivity contribution in [2.45, 2.75) is 32.1 Å². The van der Waals surface area contributed by atoms with E-state index in [1.165, 1.54) is 32.1 Å².